The van der Waals surface area contributed by atoms with E-state index in [1.54, 1.807) is 11.8 Å². The van der Waals surface area contributed by atoms with Gasteiger partial charge in [-0.15, -0.1) is 11.8 Å². The van der Waals surface area contributed by atoms with E-state index in [2.05, 4.69) is 17.4 Å². The number of nitrogens with one attached hydrogen (secondary N) is 1. The van der Waals surface area contributed by atoms with Crippen molar-refractivity contribution in [3.63, 3.8) is 0 Å². The molecule has 0 saturated heterocycles. The van der Waals surface area contributed by atoms with Crippen LogP contribution in [-0.2, 0) is 4.79 Å². The van der Waals surface area contributed by atoms with Crippen molar-refractivity contribution >= 4 is 17.7 Å². The fraction of sp³-hybridized carbons (Fsp3) is 0.278. The molecule has 0 aliphatic carbocycles. The van der Waals surface area contributed by atoms with Crippen molar-refractivity contribution in [1.29, 1.82) is 0 Å². The minimum atomic E-state index is 0.0665. The van der Waals surface area contributed by atoms with E-state index in [-0.39, 0.29) is 5.91 Å². The smallest absolute Gasteiger partial charge is 0.220 e. The number of ether oxygens (including phenoxy) is 1. The van der Waals surface area contributed by atoms with Gasteiger partial charge < -0.3 is 10.1 Å². The normalized spacial score (nSPS) is 10.2. The van der Waals surface area contributed by atoms with E-state index in [0.717, 1.165) is 17.1 Å². The Hall–Kier alpha value is -1.94. The van der Waals surface area contributed by atoms with Crippen molar-refractivity contribution in [2.45, 2.75) is 18.2 Å². The zero-order chi connectivity index (χ0) is 15.6. The minimum absolute atomic E-state index is 0.0665. The van der Waals surface area contributed by atoms with Crippen LogP contribution in [0.3, 0.4) is 0 Å². The quantitative estimate of drug-likeness (QED) is 0.596. The van der Waals surface area contributed by atoms with E-state index in [1.807, 2.05) is 49.4 Å². The van der Waals surface area contributed by atoms with Crippen LogP contribution in [0.15, 0.2) is 59.5 Å². The van der Waals surface area contributed by atoms with Crippen molar-refractivity contribution in [2.24, 2.45) is 0 Å². The van der Waals surface area contributed by atoms with E-state index < -0.39 is 0 Å². The van der Waals surface area contributed by atoms with Crippen LogP contribution in [0, 0.1) is 6.92 Å². The van der Waals surface area contributed by atoms with E-state index in [1.165, 1.54) is 4.90 Å². The maximum absolute atomic E-state index is 11.7. The molecule has 0 bridgehead atoms. The van der Waals surface area contributed by atoms with Gasteiger partial charge in [-0.3, -0.25) is 4.79 Å². The molecule has 0 heterocycles. The number of carbonyl (C=O) groups is 1. The predicted octanol–water partition coefficient (Wildman–Crippen LogP) is 3.67. The number of aryl methyl sites for hydroxylation is 1. The summed E-state index contributed by atoms with van der Waals surface area (Å²) >= 11 is 1.69. The number of carbonyl (C=O) groups excluding carboxylic acids is 1. The average Bonchev–Trinajstić information content (AvgIpc) is 2.54. The van der Waals surface area contributed by atoms with Gasteiger partial charge >= 0.3 is 0 Å². The first-order valence-electron chi connectivity index (χ1n) is 7.38. The molecule has 0 aliphatic heterocycles. The Kier molecular flexibility index (Phi) is 6.84. The molecule has 0 atom stereocenters. The summed E-state index contributed by atoms with van der Waals surface area (Å²) in [6, 6.07) is 18.0. The van der Waals surface area contributed by atoms with Gasteiger partial charge in [0.15, 0.2) is 0 Å². The SMILES string of the molecule is Cc1ccccc1OCCNC(=O)CCSc1ccccc1. The topological polar surface area (TPSA) is 38.3 Å². The van der Waals surface area contributed by atoms with Gasteiger partial charge in [0.2, 0.25) is 5.91 Å². The van der Waals surface area contributed by atoms with Gasteiger partial charge in [0.25, 0.3) is 0 Å². The van der Waals surface area contributed by atoms with Crippen molar-refractivity contribution < 1.29 is 9.53 Å². The number of rotatable bonds is 8. The maximum Gasteiger partial charge on any atom is 0.220 e. The summed E-state index contributed by atoms with van der Waals surface area (Å²) < 4.78 is 5.64. The summed E-state index contributed by atoms with van der Waals surface area (Å²) in [5, 5.41) is 2.88. The highest BCUT2D eigenvalue weighted by atomic mass is 32.2. The molecule has 22 heavy (non-hydrogen) atoms. The van der Waals surface area contributed by atoms with Crippen LogP contribution in [0.2, 0.25) is 0 Å². The van der Waals surface area contributed by atoms with Crippen molar-refractivity contribution in [3.05, 3.63) is 60.2 Å². The van der Waals surface area contributed by atoms with Gasteiger partial charge in [-0.25, -0.2) is 0 Å². The Morgan fingerprint density at radius 3 is 2.59 bits per heavy atom. The van der Waals surface area contributed by atoms with Gasteiger partial charge in [-0.1, -0.05) is 36.4 Å². The van der Waals surface area contributed by atoms with E-state index in [0.29, 0.717) is 19.6 Å². The molecule has 4 heteroatoms. The van der Waals surface area contributed by atoms with Gasteiger partial charge in [-0.05, 0) is 30.7 Å². The Labute approximate surface area is 136 Å². The molecule has 1 N–H and O–H groups in total. The molecule has 0 aliphatic rings. The molecule has 0 fully saturated rings. The molecule has 2 rings (SSSR count). The van der Waals surface area contributed by atoms with Crippen LogP contribution in [0.5, 0.6) is 5.75 Å². The monoisotopic (exact) mass is 315 g/mol. The summed E-state index contributed by atoms with van der Waals surface area (Å²) in [6.45, 7) is 3.03. The third kappa shape index (κ3) is 5.82. The van der Waals surface area contributed by atoms with Gasteiger partial charge in [0.1, 0.15) is 12.4 Å². The summed E-state index contributed by atoms with van der Waals surface area (Å²) in [5.41, 5.74) is 1.10. The second kappa shape index (κ2) is 9.15. The standard InChI is InChI=1S/C18H21NO2S/c1-15-7-5-6-10-17(15)21-13-12-19-18(20)11-14-22-16-8-3-2-4-9-16/h2-10H,11-14H2,1H3,(H,19,20). The Bertz CT molecular complexity index is 587. The molecular formula is C18H21NO2S. The first kappa shape index (κ1) is 16.4. The van der Waals surface area contributed by atoms with E-state index in [4.69, 9.17) is 4.74 Å². The number of benzene rings is 2. The lowest BCUT2D eigenvalue weighted by atomic mass is 10.2. The fourth-order valence-corrected chi connectivity index (χ4v) is 2.81. The molecule has 3 nitrogen and oxygen atoms in total. The van der Waals surface area contributed by atoms with Gasteiger partial charge in [0.05, 0.1) is 6.54 Å². The second-order valence-electron chi connectivity index (χ2n) is 4.88. The molecule has 0 radical (unpaired) electrons. The third-order valence-electron chi connectivity index (χ3n) is 3.12. The van der Waals surface area contributed by atoms with E-state index in [9.17, 15) is 4.79 Å². The molecule has 0 unspecified atom stereocenters. The number of hydrogen-bond acceptors (Lipinski definition) is 3. The first-order valence-corrected chi connectivity index (χ1v) is 8.37. The van der Waals surface area contributed by atoms with Gasteiger partial charge in [0, 0.05) is 17.1 Å². The molecule has 2 aromatic carbocycles. The zero-order valence-corrected chi connectivity index (χ0v) is 13.6. The number of para-hydroxylation sites is 1. The minimum Gasteiger partial charge on any atom is -0.491 e. The molecule has 0 aromatic heterocycles. The third-order valence-corrected chi connectivity index (χ3v) is 4.13. The number of amides is 1. The highest BCUT2D eigenvalue weighted by Gasteiger charge is 2.02. The Morgan fingerprint density at radius 1 is 1.09 bits per heavy atom. The maximum atomic E-state index is 11.7. The predicted molar refractivity (Wildman–Crippen MR) is 91.5 cm³/mol. The summed E-state index contributed by atoms with van der Waals surface area (Å²) in [4.78, 5) is 12.9. The zero-order valence-electron chi connectivity index (χ0n) is 12.7. The summed E-state index contributed by atoms with van der Waals surface area (Å²) in [7, 11) is 0. The van der Waals surface area contributed by atoms with Crippen molar-refractivity contribution in [2.75, 3.05) is 18.9 Å². The van der Waals surface area contributed by atoms with Crippen molar-refractivity contribution in [1.82, 2.24) is 5.32 Å². The fourth-order valence-electron chi connectivity index (χ4n) is 1.94. The van der Waals surface area contributed by atoms with E-state index >= 15 is 0 Å². The van der Waals surface area contributed by atoms with Crippen molar-refractivity contribution in [3.8, 4) is 5.75 Å². The molecule has 0 spiro atoms. The Morgan fingerprint density at radius 2 is 1.82 bits per heavy atom. The highest BCUT2D eigenvalue weighted by Crippen LogP contribution is 2.17. The lowest BCUT2D eigenvalue weighted by Crippen LogP contribution is -2.28. The molecule has 116 valence electrons. The molecular weight excluding hydrogens is 294 g/mol. The van der Waals surface area contributed by atoms with Crippen LogP contribution in [0.1, 0.15) is 12.0 Å². The van der Waals surface area contributed by atoms with Gasteiger partial charge in [-0.2, -0.15) is 0 Å². The molecule has 0 saturated carbocycles. The first-order chi connectivity index (χ1) is 10.8. The summed E-state index contributed by atoms with van der Waals surface area (Å²) in [6.07, 6.45) is 0.518. The molecule has 1 amide bonds. The van der Waals surface area contributed by atoms with Crippen LogP contribution in [0.25, 0.3) is 0 Å². The summed E-state index contributed by atoms with van der Waals surface area (Å²) in [5.74, 6) is 1.72. The van der Waals surface area contributed by atoms with Crippen LogP contribution < -0.4 is 10.1 Å². The molecule has 2 aromatic rings. The largest absolute Gasteiger partial charge is 0.491 e. The average molecular weight is 315 g/mol. The number of thioether (sulfide) groups is 1. The highest BCUT2D eigenvalue weighted by molar-refractivity contribution is 7.99. The van der Waals surface area contributed by atoms with Crippen LogP contribution in [-0.4, -0.2) is 24.8 Å². The second-order valence-corrected chi connectivity index (χ2v) is 6.04. The van der Waals surface area contributed by atoms with Crippen LogP contribution in [0.4, 0.5) is 0 Å². The van der Waals surface area contributed by atoms with Crippen LogP contribution >= 0.6 is 11.8 Å². The Balaban J connectivity index is 1.57. The lowest BCUT2D eigenvalue weighted by Gasteiger charge is -2.09. The number of hydrogen-bond donors (Lipinski definition) is 1. The lowest BCUT2D eigenvalue weighted by molar-refractivity contribution is -0.120.